The van der Waals surface area contributed by atoms with Crippen molar-refractivity contribution in [1.29, 1.82) is 0 Å². The van der Waals surface area contributed by atoms with Crippen molar-refractivity contribution in [2.75, 3.05) is 33.9 Å². The zero-order valence-corrected chi connectivity index (χ0v) is 20.4. The number of ether oxygens (including phenoxy) is 3. The Labute approximate surface area is 196 Å². The predicted molar refractivity (Wildman–Crippen MR) is 124 cm³/mol. The molecule has 8 nitrogen and oxygen atoms in total. The van der Waals surface area contributed by atoms with E-state index in [0.29, 0.717) is 49.8 Å². The number of nitrogens with zero attached hydrogens (tertiary/aromatic N) is 2. The molecule has 0 saturated carbocycles. The van der Waals surface area contributed by atoms with Crippen molar-refractivity contribution in [1.82, 2.24) is 9.80 Å². The highest BCUT2D eigenvalue weighted by molar-refractivity contribution is 6.38. The summed E-state index contributed by atoms with van der Waals surface area (Å²) in [5.74, 6) is 0.819. The molecule has 0 aromatic heterocycles. The molecule has 2 amide bonds. The number of hydrogen-bond donors (Lipinski definition) is 0. The van der Waals surface area contributed by atoms with Crippen LogP contribution in [0.4, 0.5) is 0 Å². The molecule has 33 heavy (non-hydrogen) atoms. The van der Waals surface area contributed by atoms with Crippen LogP contribution < -0.4 is 14.2 Å². The molecule has 0 radical (unpaired) electrons. The second-order valence-electron chi connectivity index (χ2n) is 9.43. The van der Waals surface area contributed by atoms with Crippen molar-refractivity contribution in [2.24, 2.45) is 5.41 Å². The van der Waals surface area contributed by atoms with Crippen molar-refractivity contribution >= 4 is 17.6 Å². The molecule has 3 rings (SSSR count). The van der Waals surface area contributed by atoms with Crippen LogP contribution >= 0.6 is 0 Å². The maximum Gasteiger partial charge on any atom is 0.291 e. The number of hydrogen-bond acceptors (Lipinski definition) is 6. The second kappa shape index (κ2) is 10.4. The topological polar surface area (TPSA) is 85.4 Å². The molecule has 2 atom stereocenters. The quantitative estimate of drug-likeness (QED) is 0.499. The lowest BCUT2D eigenvalue weighted by Gasteiger charge is -2.49. The number of likely N-dealkylation sites (tertiary alicyclic amines) is 1. The van der Waals surface area contributed by atoms with Crippen LogP contribution in [0.3, 0.4) is 0 Å². The lowest BCUT2D eigenvalue weighted by atomic mass is 9.81. The SMILES string of the molecule is CCCC(C)(C)C(=O)C(=O)N1C2CCCC1C(=O)N(CCOc1ccc(OC)c(OC)c1)C2. The molecule has 0 N–H and O–H groups in total. The Hall–Kier alpha value is -2.77. The third-order valence-electron chi connectivity index (χ3n) is 6.68. The standard InChI is InChI=1S/C25H36N2O6/c1-6-12-25(2,3)22(28)24(30)27-17-8-7-9-19(27)23(29)26(16-17)13-14-33-18-10-11-20(31-4)21(15-18)32-5/h10-11,15,17,19H,6-9,12-14,16H2,1-5H3. The number of ketones is 1. The Morgan fingerprint density at radius 1 is 1.12 bits per heavy atom. The molecule has 8 heteroatoms. The van der Waals surface area contributed by atoms with Crippen LogP contribution in [0.2, 0.25) is 0 Å². The smallest absolute Gasteiger partial charge is 0.291 e. The Balaban J connectivity index is 1.64. The van der Waals surface area contributed by atoms with Crippen LogP contribution in [0.1, 0.15) is 52.9 Å². The van der Waals surface area contributed by atoms with Crippen LogP contribution in [0, 0.1) is 5.41 Å². The highest BCUT2D eigenvalue weighted by atomic mass is 16.5. The molecule has 2 saturated heterocycles. The summed E-state index contributed by atoms with van der Waals surface area (Å²) in [5, 5.41) is 0. The van der Waals surface area contributed by atoms with E-state index in [1.165, 1.54) is 0 Å². The monoisotopic (exact) mass is 460 g/mol. The molecule has 2 unspecified atom stereocenters. The van der Waals surface area contributed by atoms with Gasteiger partial charge in [-0.3, -0.25) is 14.4 Å². The largest absolute Gasteiger partial charge is 0.493 e. The van der Waals surface area contributed by atoms with Gasteiger partial charge >= 0.3 is 0 Å². The number of carbonyl (C=O) groups is 3. The molecule has 0 spiro atoms. The van der Waals surface area contributed by atoms with Gasteiger partial charge in [0.1, 0.15) is 18.4 Å². The van der Waals surface area contributed by atoms with Gasteiger partial charge in [-0.25, -0.2) is 0 Å². The highest BCUT2D eigenvalue weighted by Gasteiger charge is 2.48. The summed E-state index contributed by atoms with van der Waals surface area (Å²) in [7, 11) is 3.14. The van der Waals surface area contributed by atoms with Crippen molar-refractivity contribution < 1.29 is 28.6 Å². The molecule has 2 fully saturated rings. The highest BCUT2D eigenvalue weighted by Crippen LogP contribution is 2.33. The van der Waals surface area contributed by atoms with Crippen LogP contribution in [0.5, 0.6) is 17.2 Å². The molecule has 1 aromatic carbocycles. The predicted octanol–water partition coefficient (Wildman–Crippen LogP) is 3.07. The van der Waals surface area contributed by atoms with E-state index in [2.05, 4.69) is 0 Å². The van der Waals surface area contributed by atoms with Crippen LogP contribution in [0.15, 0.2) is 18.2 Å². The number of carbonyl (C=O) groups excluding carboxylic acids is 3. The average Bonchev–Trinajstić information content (AvgIpc) is 2.80. The summed E-state index contributed by atoms with van der Waals surface area (Å²) in [6.07, 6.45) is 3.74. The molecule has 2 aliphatic heterocycles. The Morgan fingerprint density at radius 2 is 1.85 bits per heavy atom. The minimum Gasteiger partial charge on any atom is -0.493 e. The van der Waals surface area contributed by atoms with Gasteiger partial charge in [-0.15, -0.1) is 0 Å². The third kappa shape index (κ3) is 5.25. The van der Waals surface area contributed by atoms with E-state index in [0.717, 1.165) is 19.3 Å². The van der Waals surface area contributed by atoms with Gasteiger partial charge in [0.25, 0.3) is 5.91 Å². The van der Waals surface area contributed by atoms with Crippen LogP contribution in [-0.2, 0) is 14.4 Å². The van der Waals surface area contributed by atoms with Gasteiger partial charge < -0.3 is 24.0 Å². The average molecular weight is 461 g/mol. The lowest BCUT2D eigenvalue weighted by molar-refractivity contribution is -0.165. The van der Waals surface area contributed by atoms with E-state index in [1.807, 2.05) is 20.8 Å². The van der Waals surface area contributed by atoms with Crippen LogP contribution in [-0.4, -0.2) is 73.4 Å². The van der Waals surface area contributed by atoms with Gasteiger partial charge in [0.15, 0.2) is 11.5 Å². The van der Waals surface area contributed by atoms with Crippen molar-refractivity contribution in [3.63, 3.8) is 0 Å². The minimum absolute atomic E-state index is 0.101. The van der Waals surface area contributed by atoms with Crippen molar-refractivity contribution in [3.05, 3.63) is 18.2 Å². The molecule has 0 aliphatic carbocycles. The van der Waals surface area contributed by atoms with E-state index >= 15 is 0 Å². The summed E-state index contributed by atoms with van der Waals surface area (Å²) < 4.78 is 16.4. The maximum atomic E-state index is 13.2. The van der Waals surface area contributed by atoms with E-state index in [1.54, 1.807) is 42.2 Å². The third-order valence-corrected chi connectivity index (χ3v) is 6.68. The first kappa shape index (κ1) is 24.9. The van der Waals surface area contributed by atoms with E-state index in [-0.39, 0.29) is 17.7 Å². The first-order chi connectivity index (χ1) is 15.7. The number of piperidine rings is 1. The fraction of sp³-hybridized carbons (Fsp3) is 0.640. The number of Topliss-reactive ketones (excluding diaryl/α,β-unsaturated/α-hetero) is 1. The van der Waals surface area contributed by atoms with Gasteiger partial charge in [-0.2, -0.15) is 0 Å². The first-order valence-corrected chi connectivity index (χ1v) is 11.7. The molecule has 2 bridgehead atoms. The van der Waals surface area contributed by atoms with Gasteiger partial charge in [0.2, 0.25) is 11.7 Å². The molecule has 2 heterocycles. The van der Waals surface area contributed by atoms with Gasteiger partial charge in [-0.05, 0) is 37.8 Å². The van der Waals surface area contributed by atoms with Crippen molar-refractivity contribution in [2.45, 2.75) is 65.0 Å². The molecule has 1 aromatic rings. The molecular formula is C25H36N2O6. The number of piperazine rings is 1. The number of amides is 2. The van der Waals surface area contributed by atoms with Crippen molar-refractivity contribution in [3.8, 4) is 17.2 Å². The maximum absolute atomic E-state index is 13.2. The normalized spacial score (nSPS) is 20.5. The Morgan fingerprint density at radius 3 is 2.52 bits per heavy atom. The summed E-state index contributed by atoms with van der Waals surface area (Å²) >= 11 is 0. The summed E-state index contributed by atoms with van der Waals surface area (Å²) in [6.45, 7) is 6.79. The van der Waals surface area contributed by atoms with Crippen LogP contribution in [0.25, 0.3) is 0 Å². The second-order valence-corrected chi connectivity index (χ2v) is 9.43. The zero-order valence-electron chi connectivity index (χ0n) is 20.4. The fourth-order valence-corrected chi connectivity index (χ4v) is 4.89. The number of benzene rings is 1. The molecular weight excluding hydrogens is 424 g/mol. The number of rotatable bonds is 10. The zero-order chi connectivity index (χ0) is 24.2. The molecule has 182 valence electrons. The number of fused-ring (bicyclic) bond motifs is 2. The minimum atomic E-state index is -0.715. The van der Waals surface area contributed by atoms with Gasteiger partial charge in [0, 0.05) is 18.0 Å². The summed E-state index contributed by atoms with van der Waals surface area (Å²) in [5.41, 5.74) is -0.715. The fourth-order valence-electron chi connectivity index (χ4n) is 4.89. The van der Waals surface area contributed by atoms with Gasteiger partial charge in [0.05, 0.1) is 26.8 Å². The molecule has 2 aliphatic rings. The Kier molecular flexibility index (Phi) is 7.87. The van der Waals surface area contributed by atoms with E-state index in [9.17, 15) is 14.4 Å². The summed E-state index contributed by atoms with van der Waals surface area (Å²) in [6, 6.07) is 4.61. The summed E-state index contributed by atoms with van der Waals surface area (Å²) in [4.78, 5) is 42.6. The number of methoxy groups -OCH3 is 2. The lowest BCUT2D eigenvalue weighted by Crippen LogP contribution is -2.67. The van der Waals surface area contributed by atoms with E-state index < -0.39 is 17.4 Å². The van der Waals surface area contributed by atoms with E-state index in [4.69, 9.17) is 14.2 Å². The first-order valence-electron chi connectivity index (χ1n) is 11.7. The Bertz CT molecular complexity index is 884. The van der Waals surface area contributed by atoms with Gasteiger partial charge in [-0.1, -0.05) is 27.2 Å².